The third-order valence-corrected chi connectivity index (χ3v) is 4.45. The molecule has 0 fully saturated rings. The average molecular weight is 362 g/mol. The van der Waals surface area contributed by atoms with Crippen LogP contribution in [-0.4, -0.2) is 17.4 Å². The van der Waals surface area contributed by atoms with E-state index < -0.39 is 6.09 Å². The molecule has 0 aliphatic rings. The van der Waals surface area contributed by atoms with Crippen LogP contribution in [0.2, 0.25) is 0 Å². The van der Waals surface area contributed by atoms with Gasteiger partial charge in [0.1, 0.15) is 0 Å². The summed E-state index contributed by atoms with van der Waals surface area (Å²) in [5, 5.41) is 0. The van der Waals surface area contributed by atoms with Crippen molar-refractivity contribution in [3.05, 3.63) is 82.3 Å². The number of carbonyl (C=O) groups excluding carboxylic acids is 1. The van der Waals surface area contributed by atoms with Gasteiger partial charge in [0.25, 0.3) is 5.56 Å². The Morgan fingerprint density at radius 3 is 1.96 bits per heavy atom. The second kappa shape index (κ2) is 7.91. The highest BCUT2D eigenvalue weighted by molar-refractivity contribution is 5.87. The first-order valence-corrected chi connectivity index (χ1v) is 8.85. The molecule has 0 bridgehead atoms. The number of pyridine rings is 1. The quantitative estimate of drug-likeness (QED) is 0.743. The predicted octanol–water partition coefficient (Wildman–Crippen LogP) is 4.50. The zero-order valence-electron chi connectivity index (χ0n) is 15.7. The van der Waals surface area contributed by atoms with Gasteiger partial charge >= 0.3 is 6.09 Å². The summed E-state index contributed by atoms with van der Waals surface area (Å²) in [4.78, 5) is 24.9. The third-order valence-electron chi connectivity index (χ3n) is 4.45. The van der Waals surface area contributed by atoms with E-state index in [2.05, 4.69) is 5.43 Å². The van der Waals surface area contributed by atoms with Crippen LogP contribution in [0.15, 0.2) is 65.5 Å². The summed E-state index contributed by atoms with van der Waals surface area (Å²) in [5.74, 6) is 0. The number of amides is 1. The molecule has 3 rings (SSSR count). The molecule has 1 N–H and O–H groups in total. The number of nitrogens with one attached hydrogen (secondary N) is 1. The summed E-state index contributed by atoms with van der Waals surface area (Å²) in [6.07, 6.45) is -0.659. The first-order valence-electron chi connectivity index (χ1n) is 8.85. The van der Waals surface area contributed by atoms with Gasteiger partial charge in [-0.1, -0.05) is 60.7 Å². The van der Waals surface area contributed by atoms with Crippen LogP contribution < -0.4 is 11.0 Å². The molecule has 0 saturated heterocycles. The number of nitrogens with zero attached hydrogens (tertiary/aromatic N) is 1. The Kier molecular flexibility index (Phi) is 5.41. The van der Waals surface area contributed by atoms with Crippen molar-refractivity contribution in [1.29, 1.82) is 0 Å². The molecule has 5 nitrogen and oxygen atoms in total. The SMILES string of the molecule is CCOC(=O)Nn1c(C)c(-c2ccccc2)c(-c2ccccc2)c(C)c1=O. The second-order valence-corrected chi connectivity index (χ2v) is 6.17. The zero-order valence-corrected chi connectivity index (χ0v) is 15.7. The van der Waals surface area contributed by atoms with Crippen LogP contribution in [0.1, 0.15) is 18.2 Å². The molecule has 1 aromatic heterocycles. The summed E-state index contributed by atoms with van der Waals surface area (Å²) < 4.78 is 6.21. The molecule has 0 saturated carbocycles. The molecule has 0 aliphatic carbocycles. The second-order valence-electron chi connectivity index (χ2n) is 6.17. The van der Waals surface area contributed by atoms with Gasteiger partial charge in [0.15, 0.2) is 0 Å². The Hall–Kier alpha value is -3.34. The fraction of sp³-hybridized carbons (Fsp3) is 0.182. The molecule has 0 radical (unpaired) electrons. The van der Waals surface area contributed by atoms with Gasteiger partial charge in [-0.3, -0.25) is 4.79 Å². The topological polar surface area (TPSA) is 60.3 Å². The molecule has 27 heavy (non-hydrogen) atoms. The summed E-state index contributed by atoms with van der Waals surface area (Å²) in [6.45, 7) is 5.54. The van der Waals surface area contributed by atoms with Crippen molar-refractivity contribution < 1.29 is 9.53 Å². The molecular weight excluding hydrogens is 340 g/mol. The first kappa shape index (κ1) is 18.5. The highest BCUT2D eigenvalue weighted by Crippen LogP contribution is 2.35. The molecule has 0 aliphatic heterocycles. The lowest BCUT2D eigenvalue weighted by Crippen LogP contribution is -2.37. The predicted molar refractivity (Wildman–Crippen MR) is 107 cm³/mol. The Morgan fingerprint density at radius 2 is 1.44 bits per heavy atom. The molecule has 0 unspecified atom stereocenters. The molecule has 5 heteroatoms. The number of ether oxygens (including phenoxy) is 1. The molecular formula is C22H22N2O3. The van der Waals surface area contributed by atoms with E-state index in [1.165, 1.54) is 4.68 Å². The van der Waals surface area contributed by atoms with Crippen molar-refractivity contribution in [3.63, 3.8) is 0 Å². The van der Waals surface area contributed by atoms with Gasteiger partial charge < -0.3 is 4.74 Å². The fourth-order valence-corrected chi connectivity index (χ4v) is 3.22. The summed E-state index contributed by atoms with van der Waals surface area (Å²) in [7, 11) is 0. The Balaban J connectivity index is 2.32. The van der Waals surface area contributed by atoms with E-state index >= 15 is 0 Å². The largest absolute Gasteiger partial charge is 0.449 e. The van der Waals surface area contributed by atoms with E-state index in [4.69, 9.17) is 4.74 Å². The van der Waals surface area contributed by atoms with Crippen LogP contribution in [0.4, 0.5) is 4.79 Å². The molecule has 3 aromatic rings. The maximum absolute atomic E-state index is 13.0. The molecule has 0 atom stereocenters. The lowest BCUT2D eigenvalue weighted by Gasteiger charge is -2.21. The van der Waals surface area contributed by atoms with Crippen LogP contribution in [0.25, 0.3) is 22.3 Å². The smallest absolute Gasteiger partial charge is 0.426 e. The number of hydrogen-bond donors (Lipinski definition) is 1. The van der Waals surface area contributed by atoms with Gasteiger partial charge in [-0.15, -0.1) is 0 Å². The first-order chi connectivity index (χ1) is 13.0. The van der Waals surface area contributed by atoms with E-state index in [0.29, 0.717) is 11.3 Å². The number of rotatable bonds is 4. The summed E-state index contributed by atoms with van der Waals surface area (Å²) >= 11 is 0. The minimum atomic E-state index is -0.659. The van der Waals surface area contributed by atoms with Crippen LogP contribution in [-0.2, 0) is 4.74 Å². The Bertz CT molecular complexity index is 1010. The minimum absolute atomic E-state index is 0.228. The minimum Gasteiger partial charge on any atom is -0.449 e. The van der Waals surface area contributed by atoms with Crippen molar-refractivity contribution in [2.24, 2.45) is 0 Å². The van der Waals surface area contributed by atoms with Gasteiger partial charge in [-0.05, 0) is 37.5 Å². The Morgan fingerprint density at radius 1 is 0.926 bits per heavy atom. The molecule has 2 aromatic carbocycles. The fourth-order valence-electron chi connectivity index (χ4n) is 3.22. The van der Waals surface area contributed by atoms with E-state index in [1.807, 2.05) is 67.6 Å². The van der Waals surface area contributed by atoms with E-state index in [-0.39, 0.29) is 12.2 Å². The van der Waals surface area contributed by atoms with Crippen LogP contribution >= 0.6 is 0 Å². The van der Waals surface area contributed by atoms with Gasteiger partial charge in [0.05, 0.1) is 6.61 Å². The molecule has 1 heterocycles. The number of aromatic nitrogens is 1. The van der Waals surface area contributed by atoms with Crippen molar-refractivity contribution >= 4 is 6.09 Å². The summed E-state index contributed by atoms with van der Waals surface area (Å²) in [5.41, 5.74) is 7.16. The lowest BCUT2D eigenvalue weighted by atomic mass is 9.90. The highest BCUT2D eigenvalue weighted by Gasteiger charge is 2.20. The number of benzene rings is 2. The normalized spacial score (nSPS) is 10.5. The maximum Gasteiger partial charge on any atom is 0.426 e. The van der Waals surface area contributed by atoms with Crippen molar-refractivity contribution in [3.8, 4) is 22.3 Å². The number of carbonyl (C=O) groups is 1. The van der Waals surface area contributed by atoms with Crippen molar-refractivity contribution in [2.75, 3.05) is 12.0 Å². The van der Waals surface area contributed by atoms with Gasteiger partial charge in [0, 0.05) is 16.8 Å². The van der Waals surface area contributed by atoms with Crippen LogP contribution in [0.3, 0.4) is 0 Å². The highest BCUT2D eigenvalue weighted by atomic mass is 16.6. The molecule has 138 valence electrons. The van der Waals surface area contributed by atoms with Gasteiger partial charge in [0.2, 0.25) is 0 Å². The molecule has 1 amide bonds. The van der Waals surface area contributed by atoms with E-state index in [1.54, 1.807) is 13.8 Å². The average Bonchev–Trinajstić information content (AvgIpc) is 2.69. The maximum atomic E-state index is 13.0. The standard InChI is InChI=1S/C22H22N2O3/c1-4-27-22(26)23-24-16(3)20(18-13-9-6-10-14-18)19(15(2)21(24)25)17-11-7-5-8-12-17/h5-14H,4H2,1-3H3,(H,23,26). The zero-order chi connectivity index (χ0) is 19.4. The number of hydrogen-bond acceptors (Lipinski definition) is 3. The van der Waals surface area contributed by atoms with Crippen LogP contribution in [0.5, 0.6) is 0 Å². The lowest BCUT2D eigenvalue weighted by molar-refractivity contribution is 0.164. The van der Waals surface area contributed by atoms with E-state index in [9.17, 15) is 9.59 Å². The third kappa shape index (κ3) is 3.62. The van der Waals surface area contributed by atoms with E-state index in [0.717, 1.165) is 22.3 Å². The Labute approximate surface area is 158 Å². The van der Waals surface area contributed by atoms with Gasteiger partial charge in [-0.25, -0.2) is 14.9 Å². The van der Waals surface area contributed by atoms with Crippen molar-refractivity contribution in [1.82, 2.24) is 4.68 Å². The summed E-state index contributed by atoms with van der Waals surface area (Å²) in [6, 6.07) is 19.6. The monoisotopic (exact) mass is 362 g/mol. The van der Waals surface area contributed by atoms with Crippen molar-refractivity contribution in [2.45, 2.75) is 20.8 Å². The molecule has 0 spiro atoms. The van der Waals surface area contributed by atoms with Gasteiger partial charge in [-0.2, -0.15) is 0 Å². The van der Waals surface area contributed by atoms with Crippen LogP contribution in [0, 0.1) is 13.8 Å².